The van der Waals surface area contributed by atoms with Gasteiger partial charge in [0.1, 0.15) is 0 Å². The summed E-state index contributed by atoms with van der Waals surface area (Å²) in [5, 5.41) is 0.210. The predicted molar refractivity (Wildman–Crippen MR) is 193 cm³/mol. The zero-order chi connectivity index (χ0) is 37.0. The largest absolute Gasteiger partial charge is 0.414 e. The molecule has 0 N–H and O–H groups in total. The molecule has 0 saturated carbocycles. The molecule has 0 aromatic heterocycles. The van der Waals surface area contributed by atoms with Crippen molar-refractivity contribution in [2.24, 2.45) is 0 Å². The first-order valence-corrected chi connectivity index (χ1v) is 20.9. The van der Waals surface area contributed by atoms with E-state index in [4.69, 9.17) is 51.8 Å². The van der Waals surface area contributed by atoms with Crippen LogP contribution in [-0.4, -0.2) is 170 Å². The Morgan fingerprint density at radius 2 is 0.706 bits per heavy atom. The van der Waals surface area contributed by atoms with Crippen molar-refractivity contribution in [1.82, 2.24) is 4.90 Å². The van der Waals surface area contributed by atoms with E-state index in [1.807, 2.05) is 0 Å². The molecule has 0 spiro atoms. The van der Waals surface area contributed by atoms with E-state index in [1.54, 1.807) is 24.3 Å². The molecule has 0 unspecified atom stereocenters. The van der Waals surface area contributed by atoms with E-state index in [1.165, 1.54) is 4.90 Å². The molecule has 0 radical (unpaired) electrons. The molecule has 1 aromatic carbocycles. The lowest BCUT2D eigenvalue weighted by Gasteiger charge is -2.36. The molecule has 51 heavy (non-hydrogen) atoms. The number of amides is 2. The van der Waals surface area contributed by atoms with Crippen LogP contribution in [-0.2, 0) is 51.8 Å². The van der Waals surface area contributed by atoms with Crippen LogP contribution in [0.5, 0.6) is 0 Å². The monoisotopic (exact) mass is 745 g/mol. The van der Waals surface area contributed by atoms with Gasteiger partial charge in [-0.3, -0.25) is 14.5 Å². The molecule has 0 fully saturated rings. The Morgan fingerprint density at radius 1 is 0.451 bits per heavy atom. The van der Waals surface area contributed by atoms with Gasteiger partial charge in [0.05, 0.1) is 156 Å². The molecule has 1 aliphatic heterocycles. The number of hydrogen-bond acceptors (Lipinski definition) is 13. The third kappa shape index (κ3) is 20.2. The normalized spacial score (nSPS) is 13.5. The Balaban J connectivity index is 1.18. The van der Waals surface area contributed by atoms with Crippen LogP contribution >= 0.6 is 0 Å². The highest BCUT2D eigenvalue weighted by Crippen LogP contribution is 2.36. The van der Waals surface area contributed by atoms with Gasteiger partial charge < -0.3 is 51.8 Å². The van der Waals surface area contributed by atoms with Gasteiger partial charge in [-0.2, -0.15) is 0 Å². The Kier molecular flexibility index (Phi) is 24.6. The lowest BCUT2D eigenvalue weighted by Crippen LogP contribution is -2.41. The van der Waals surface area contributed by atoms with Crippen LogP contribution < -0.4 is 0 Å². The van der Waals surface area contributed by atoms with Crippen LogP contribution in [0.15, 0.2) is 24.3 Å². The average Bonchev–Trinajstić information content (AvgIpc) is 3.34. The average molecular weight is 746 g/mol. The number of imide groups is 1. The number of hydrogen-bond donors (Lipinski definition) is 0. The SMILES string of the molecule is CC(C)(C)[Si](C)(C)OCCOCCOCCOCCOCCOCCOCCOCCOCCOCCOCCN1C(=O)c2ccccc2C1=O. The van der Waals surface area contributed by atoms with E-state index in [0.717, 1.165) is 0 Å². The van der Waals surface area contributed by atoms with Crippen LogP contribution in [0.4, 0.5) is 0 Å². The molecule has 0 saturated heterocycles. The molecular weight excluding hydrogens is 682 g/mol. The van der Waals surface area contributed by atoms with Crippen LogP contribution in [0.25, 0.3) is 0 Å². The van der Waals surface area contributed by atoms with Crippen molar-refractivity contribution in [1.29, 1.82) is 0 Å². The third-order valence-electron chi connectivity index (χ3n) is 8.18. The van der Waals surface area contributed by atoms with Gasteiger partial charge in [-0.15, -0.1) is 0 Å². The number of fused-ring (bicyclic) bond motifs is 1. The summed E-state index contributed by atoms with van der Waals surface area (Å²) in [6, 6.07) is 6.82. The lowest BCUT2D eigenvalue weighted by atomic mass is 10.1. The van der Waals surface area contributed by atoms with Crippen molar-refractivity contribution in [2.75, 3.05) is 145 Å². The number of benzene rings is 1. The summed E-state index contributed by atoms with van der Waals surface area (Å²) in [6.07, 6.45) is 0. The first kappa shape index (κ1) is 45.3. The minimum absolute atomic E-state index is 0.210. The number of nitrogens with zero attached hydrogens (tertiary/aromatic N) is 1. The summed E-state index contributed by atoms with van der Waals surface area (Å²) < 4.78 is 61.1. The maximum atomic E-state index is 12.3. The van der Waals surface area contributed by atoms with Gasteiger partial charge in [-0.1, -0.05) is 32.9 Å². The van der Waals surface area contributed by atoms with Crippen molar-refractivity contribution in [3.63, 3.8) is 0 Å². The summed E-state index contributed by atoms with van der Waals surface area (Å²) in [4.78, 5) is 25.8. The number of ether oxygens (including phenoxy) is 10. The Bertz CT molecular complexity index is 1020. The van der Waals surface area contributed by atoms with Gasteiger partial charge in [0.25, 0.3) is 11.8 Å². The molecule has 0 aliphatic carbocycles. The molecular formula is C36H63NO13Si. The molecule has 294 valence electrons. The van der Waals surface area contributed by atoms with Gasteiger partial charge in [0.2, 0.25) is 0 Å². The summed E-state index contributed by atoms with van der Waals surface area (Å²) in [5.74, 6) is -0.554. The van der Waals surface area contributed by atoms with Gasteiger partial charge in [0, 0.05) is 0 Å². The smallest absolute Gasteiger partial charge is 0.261 e. The fourth-order valence-electron chi connectivity index (χ4n) is 4.25. The molecule has 15 heteroatoms. The highest BCUT2D eigenvalue weighted by molar-refractivity contribution is 6.74. The van der Waals surface area contributed by atoms with Gasteiger partial charge in [0.15, 0.2) is 8.32 Å². The fourth-order valence-corrected chi connectivity index (χ4v) is 5.28. The topological polar surface area (TPSA) is 139 Å². The molecule has 14 nitrogen and oxygen atoms in total. The standard InChI is InChI=1S/C36H63NO13Si/c1-36(2,3)51(4,5)50-31-30-49-29-28-48-27-26-47-25-24-46-23-22-45-21-20-44-19-18-43-17-16-42-15-14-41-13-12-40-11-10-37-34(38)32-8-6-7-9-33(32)35(37)39/h6-9H,10-31H2,1-5H3. The Morgan fingerprint density at radius 3 is 0.980 bits per heavy atom. The van der Waals surface area contributed by atoms with Gasteiger partial charge in [-0.25, -0.2) is 0 Å². The minimum Gasteiger partial charge on any atom is -0.414 e. The van der Waals surface area contributed by atoms with E-state index in [-0.39, 0.29) is 30.0 Å². The molecule has 1 heterocycles. The quantitative estimate of drug-likeness (QED) is 0.0579. The van der Waals surface area contributed by atoms with E-state index < -0.39 is 8.32 Å². The minimum atomic E-state index is -1.71. The highest BCUT2D eigenvalue weighted by atomic mass is 28.4. The van der Waals surface area contributed by atoms with E-state index in [0.29, 0.717) is 143 Å². The second-order valence-corrected chi connectivity index (χ2v) is 17.8. The van der Waals surface area contributed by atoms with Gasteiger partial charge >= 0.3 is 0 Å². The van der Waals surface area contributed by atoms with Crippen LogP contribution in [0.2, 0.25) is 18.1 Å². The lowest BCUT2D eigenvalue weighted by molar-refractivity contribution is -0.0268. The molecule has 1 aliphatic rings. The maximum absolute atomic E-state index is 12.3. The molecule has 2 amide bonds. The van der Waals surface area contributed by atoms with Gasteiger partial charge in [-0.05, 0) is 30.3 Å². The molecule has 1 aromatic rings. The summed E-state index contributed by atoms with van der Waals surface area (Å²) in [5.41, 5.74) is 0.885. The number of rotatable bonds is 34. The fraction of sp³-hybridized carbons (Fsp3) is 0.778. The molecule has 2 rings (SSSR count). The first-order valence-electron chi connectivity index (χ1n) is 18.0. The van der Waals surface area contributed by atoms with Crippen molar-refractivity contribution in [3.8, 4) is 0 Å². The number of carbonyl (C=O) groups is 2. The third-order valence-corrected chi connectivity index (χ3v) is 12.7. The van der Waals surface area contributed by atoms with Crippen LogP contribution in [0, 0.1) is 0 Å². The Labute approximate surface area is 305 Å². The second-order valence-electron chi connectivity index (χ2n) is 13.0. The van der Waals surface area contributed by atoms with E-state index >= 15 is 0 Å². The maximum Gasteiger partial charge on any atom is 0.261 e. The van der Waals surface area contributed by atoms with Crippen LogP contribution in [0.1, 0.15) is 41.5 Å². The first-order chi connectivity index (χ1) is 24.6. The molecule has 0 bridgehead atoms. The van der Waals surface area contributed by atoms with Crippen molar-refractivity contribution < 1.29 is 61.4 Å². The number of carbonyl (C=O) groups excluding carboxylic acids is 2. The van der Waals surface area contributed by atoms with Crippen molar-refractivity contribution in [3.05, 3.63) is 35.4 Å². The summed E-state index contributed by atoms with van der Waals surface area (Å²) in [7, 11) is -1.71. The zero-order valence-corrected chi connectivity index (χ0v) is 32.6. The predicted octanol–water partition coefficient (Wildman–Crippen LogP) is 3.47. The van der Waals surface area contributed by atoms with E-state index in [9.17, 15) is 9.59 Å². The van der Waals surface area contributed by atoms with Crippen molar-refractivity contribution in [2.45, 2.75) is 38.9 Å². The summed E-state index contributed by atoms with van der Waals surface area (Å²) in [6.45, 7) is 21.5. The summed E-state index contributed by atoms with van der Waals surface area (Å²) >= 11 is 0. The Hall–Kier alpha value is -1.86. The molecule has 0 atom stereocenters. The van der Waals surface area contributed by atoms with Crippen molar-refractivity contribution >= 4 is 20.1 Å². The van der Waals surface area contributed by atoms with Crippen LogP contribution in [0.3, 0.4) is 0 Å². The second kappa shape index (κ2) is 27.7. The van der Waals surface area contributed by atoms with E-state index in [2.05, 4.69) is 33.9 Å². The highest BCUT2D eigenvalue weighted by Gasteiger charge is 2.37. The zero-order valence-electron chi connectivity index (χ0n) is 31.6.